The van der Waals surface area contributed by atoms with Gasteiger partial charge in [-0.1, -0.05) is 45.9 Å². The molecule has 5 rings (SSSR count). The van der Waals surface area contributed by atoms with Gasteiger partial charge in [0.25, 0.3) is 11.8 Å². The SMILES string of the molecule is CC(C)CN1C(=O)c2ccc(C(=O)Oc3ccc4c(=O)c(Oc5ccccc5C(C)C)coc4c3)cc2C1=O. The number of hydrogen-bond donors (Lipinski definition) is 0. The lowest BCUT2D eigenvalue weighted by Gasteiger charge is -2.15. The lowest BCUT2D eigenvalue weighted by atomic mass is 10.0. The molecule has 1 aliphatic rings. The third-order valence-electron chi connectivity index (χ3n) is 6.44. The number of benzene rings is 3. The van der Waals surface area contributed by atoms with Crippen LogP contribution in [-0.2, 0) is 0 Å². The fraction of sp³-hybridized carbons (Fsp3) is 0.226. The fourth-order valence-corrected chi connectivity index (χ4v) is 4.51. The molecule has 0 atom stereocenters. The summed E-state index contributed by atoms with van der Waals surface area (Å²) in [4.78, 5) is 52.5. The predicted molar refractivity (Wildman–Crippen MR) is 145 cm³/mol. The van der Waals surface area contributed by atoms with E-state index < -0.39 is 11.9 Å². The van der Waals surface area contributed by atoms with Crippen molar-refractivity contribution < 1.29 is 28.3 Å². The Morgan fingerprint density at radius 3 is 2.36 bits per heavy atom. The zero-order chi connectivity index (χ0) is 27.8. The molecule has 8 heteroatoms. The minimum absolute atomic E-state index is 0.0456. The Bertz CT molecular complexity index is 1680. The zero-order valence-corrected chi connectivity index (χ0v) is 22.0. The number of carbonyl (C=O) groups excluding carboxylic acids is 3. The first-order valence-corrected chi connectivity index (χ1v) is 12.7. The summed E-state index contributed by atoms with van der Waals surface area (Å²) in [7, 11) is 0. The average molecular weight is 526 g/mol. The van der Waals surface area contributed by atoms with Crippen LogP contribution in [0.15, 0.2) is 76.1 Å². The van der Waals surface area contributed by atoms with Gasteiger partial charge >= 0.3 is 5.97 Å². The first-order valence-electron chi connectivity index (χ1n) is 12.7. The van der Waals surface area contributed by atoms with Crippen molar-refractivity contribution in [1.29, 1.82) is 0 Å². The van der Waals surface area contributed by atoms with Crippen LogP contribution in [0.1, 0.15) is 70.3 Å². The highest BCUT2D eigenvalue weighted by atomic mass is 16.5. The molecule has 0 saturated carbocycles. The highest BCUT2D eigenvalue weighted by Gasteiger charge is 2.36. The van der Waals surface area contributed by atoms with Gasteiger partial charge in [-0.3, -0.25) is 19.3 Å². The number of ether oxygens (including phenoxy) is 2. The van der Waals surface area contributed by atoms with Crippen LogP contribution in [0, 0.1) is 5.92 Å². The highest BCUT2D eigenvalue weighted by Crippen LogP contribution is 2.31. The number of imide groups is 1. The summed E-state index contributed by atoms with van der Waals surface area (Å²) in [6.07, 6.45) is 1.24. The summed E-state index contributed by atoms with van der Waals surface area (Å²) in [5.74, 6) is -0.428. The Balaban J connectivity index is 1.36. The van der Waals surface area contributed by atoms with Gasteiger partial charge in [-0.05, 0) is 53.8 Å². The molecule has 39 heavy (non-hydrogen) atoms. The van der Waals surface area contributed by atoms with Gasteiger partial charge in [-0.15, -0.1) is 0 Å². The Labute approximate surface area is 224 Å². The molecule has 1 aliphatic heterocycles. The molecule has 0 aliphatic carbocycles. The van der Waals surface area contributed by atoms with Crippen LogP contribution in [0.3, 0.4) is 0 Å². The molecule has 0 bridgehead atoms. The van der Waals surface area contributed by atoms with Crippen LogP contribution < -0.4 is 14.9 Å². The lowest BCUT2D eigenvalue weighted by molar-refractivity contribution is 0.0635. The number of fused-ring (bicyclic) bond motifs is 2. The average Bonchev–Trinajstić information content (AvgIpc) is 3.14. The molecule has 2 amide bonds. The molecule has 0 spiro atoms. The van der Waals surface area contributed by atoms with E-state index in [9.17, 15) is 19.2 Å². The third-order valence-corrected chi connectivity index (χ3v) is 6.44. The number of esters is 1. The van der Waals surface area contributed by atoms with Gasteiger partial charge in [0.2, 0.25) is 11.2 Å². The minimum atomic E-state index is -0.715. The summed E-state index contributed by atoms with van der Waals surface area (Å²) < 4.78 is 17.0. The molecule has 0 N–H and O–H groups in total. The van der Waals surface area contributed by atoms with Crippen LogP contribution in [-0.4, -0.2) is 29.2 Å². The Hall–Kier alpha value is -4.72. The van der Waals surface area contributed by atoms with Crippen molar-refractivity contribution in [3.63, 3.8) is 0 Å². The van der Waals surface area contributed by atoms with E-state index in [1.54, 1.807) is 6.07 Å². The topological polar surface area (TPSA) is 103 Å². The van der Waals surface area contributed by atoms with E-state index in [0.717, 1.165) is 5.56 Å². The molecule has 8 nitrogen and oxygen atoms in total. The molecule has 4 aromatic rings. The van der Waals surface area contributed by atoms with E-state index in [2.05, 4.69) is 0 Å². The minimum Gasteiger partial charge on any atom is -0.460 e. The van der Waals surface area contributed by atoms with Gasteiger partial charge in [0, 0.05) is 12.6 Å². The van der Waals surface area contributed by atoms with E-state index in [-0.39, 0.29) is 62.3 Å². The van der Waals surface area contributed by atoms with Crippen molar-refractivity contribution in [2.24, 2.45) is 5.92 Å². The van der Waals surface area contributed by atoms with E-state index in [1.165, 1.54) is 47.6 Å². The van der Waals surface area contributed by atoms with Gasteiger partial charge in [-0.25, -0.2) is 4.79 Å². The van der Waals surface area contributed by atoms with Gasteiger partial charge in [0.05, 0.1) is 22.1 Å². The number of nitrogens with zero attached hydrogens (tertiary/aromatic N) is 1. The van der Waals surface area contributed by atoms with E-state index in [1.807, 2.05) is 45.9 Å². The van der Waals surface area contributed by atoms with Crippen LogP contribution in [0.5, 0.6) is 17.2 Å². The second-order valence-electron chi connectivity index (χ2n) is 10.1. The summed E-state index contributed by atoms with van der Waals surface area (Å²) >= 11 is 0. The molecule has 0 fully saturated rings. The second-order valence-corrected chi connectivity index (χ2v) is 10.1. The van der Waals surface area contributed by atoms with E-state index in [0.29, 0.717) is 12.3 Å². The van der Waals surface area contributed by atoms with Gasteiger partial charge in [0.15, 0.2) is 0 Å². The molecule has 0 saturated heterocycles. The fourth-order valence-electron chi connectivity index (χ4n) is 4.51. The van der Waals surface area contributed by atoms with Gasteiger partial charge in [-0.2, -0.15) is 0 Å². The maximum Gasteiger partial charge on any atom is 0.343 e. The Kier molecular flexibility index (Phi) is 6.78. The van der Waals surface area contributed by atoms with Crippen molar-refractivity contribution in [3.05, 3.63) is 99.4 Å². The second kappa shape index (κ2) is 10.2. The van der Waals surface area contributed by atoms with Crippen molar-refractivity contribution in [3.8, 4) is 17.2 Å². The lowest BCUT2D eigenvalue weighted by Crippen LogP contribution is -2.33. The Morgan fingerprint density at radius 2 is 1.62 bits per heavy atom. The quantitative estimate of drug-likeness (QED) is 0.161. The van der Waals surface area contributed by atoms with Gasteiger partial charge in [0.1, 0.15) is 23.3 Å². The third kappa shape index (κ3) is 4.93. The summed E-state index contributed by atoms with van der Waals surface area (Å²) in [5.41, 5.74) is 1.37. The maximum atomic E-state index is 13.1. The smallest absolute Gasteiger partial charge is 0.343 e. The highest BCUT2D eigenvalue weighted by molar-refractivity contribution is 6.22. The molecule has 2 heterocycles. The molecule has 0 radical (unpaired) electrons. The van der Waals surface area contributed by atoms with E-state index in [4.69, 9.17) is 13.9 Å². The van der Waals surface area contributed by atoms with Crippen LogP contribution in [0.25, 0.3) is 11.0 Å². The summed E-state index contributed by atoms with van der Waals surface area (Å²) in [6, 6.07) is 16.2. The normalized spacial score (nSPS) is 12.9. The standard InChI is InChI=1S/C31H27NO7/c1-17(2)15-32-29(34)22-11-9-19(13-24(22)30(32)35)31(36)38-20-10-12-23-26(14-20)37-16-27(28(23)33)39-25-8-6-5-7-21(25)18(3)4/h5-14,16-18H,15H2,1-4H3. The first-order chi connectivity index (χ1) is 18.6. The van der Waals surface area contributed by atoms with Crippen molar-refractivity contribution in [2.45, 2.75) is 33.6 Å². The van der Waals surface area contributed by atoms with Crippen LogP contribution in [0.4, 0.5) is 0 Å². The number of rotatable bonds is 7. The molecular formula is C31H27NO7. The number of para-hydroxylation sites is 1. The molecular weight excluding hydrogens is 498 g/mol. The number of carbonyl (C=O) groups is 3. The van der Waals surface area contributed by atoms with Crippen molar-refractivity contribution in [2.75, 3.05) is 6.54 Å². The molecule has 0 unspecified atom stereocenters. The van der Waals surface area contributed by atoms with Crippen LogP contribution >= 0.6 is 0 Å². The largest absolute Gasteiger partial charge is 0.460 e. The monoisotopic (exact) mass is 525 g/mol. The maximum absolute atomic E-state index is 13.1. The van der Waals surface area contributed by atoms with Crippen molar-refractivity contribution in [1.82, 2.24) is 4.90 Å². The van der Waals surface area contributed by atoms with Crippen molar-refractivity contribution >= 4 is 28.8 Å². The molecule has 1 aromatic heterocycles. The number of hydrogen-bond acceptors (Lipinski definition) is 7. The van der Waals surface area contributed by atoms with Gasteiger partial charge < -0.3 is 13.9 Å². The van der Waals surface area contributed by atoms with Crippen LogP contribution in [0.2, 0.25) is 0 Å². The first kappa shape index (κ1) is 25.9. The molecule has 3 aromatic carbocycles. The predicted octanol–water partition coefficient (Wildman–Crippen LogP) is 6.18. The molecule has 198 valence electrons. The Morgan fingerprint density at radius 1 is 0.872 bits per heavy atom. The summed E-state index contributed by atoms with van der Waals surface area (Å²) in [6.45, 7) is 8.20. The number of amides is 2. The zero-order valence-electron chi connectivity index (χ0n) is 22.0. The van der Waals surface area contributed by atoms with E-state index >= 15 is 0 Å². The summed E-state index contributed by atoms with van der Waals surface area (Å²) in [5, 5.41) is 0.265.